The molecular weight excluding hydrogens is 1440 g/mol. The molecule has 0 nitrogen and oxygen atoms in total. The molecule has 0 heterocycles. The maximum absolute atomic E-state index is 5.55. The predicted octanol–water partition coefficient (Wildman–Crippen LogP) is 29.6. The third-order valence-electron chi connectivity index (χ3n) is 25.7. The van der Waals surface area contributed by atoms with Crippen molar-refractivity contribution in [2.45, 2.75) is 481 Å². The van der Waals surface area contributed by atoms with Crippen molar-refractivity contribution in [2.24, 2.45) is 5.41 Å². The zero-order valence-corrected chi connectivity index (χ0v) is 70.7. The van der Waals surface area contributed by atoms with Gasteiger partial charge in [-0.25, -0.2) is 0 Å². The number of rotatable bonds is 12. The fourth-order valence-electron chi connectivity index (χ4n) is 21.5. The molecule has 0 spiro atoms. The van der Waals surface area contributed by atoms with Crippen LogP contribution in [0.25, 0.3) is 0 Å². The summed E-state index contributed by atoms with van der Waals surface area (Å²) in [5.74, 6) is 0. The van der Waals surface area contributed by atoms with Gasteiger partial charge in [-0.15, -0.1) is 0 Å². The fourth-order valence-corrected chi connectivity index (χ4v) is 45.1. The zero-order chi connectivity index (χ0) is 64.1. The SMILES string of the molecule is C1CCC([PH+](C2CCCCC2)C2CCCCC2)CC1.C1CCC([PH+](C2CCCCC2)C2CCCCC2)CC1.C1CCC([PH+](C2CCCCC2)C2CCCCC2)CC1.C1CCC([PH+](C2CCCCC2)C2CCCCC2)CC1.CC(C)(C)C=[C]=[Ru]([Cl])[Cl].CC=[C]=[Ru]([Cl])[Cl]. The van der Waals surface area contributed by atoms with Crippen molar-refractivity contribution in [2.75, 3.05) is 0 Å². The number of hydrogen-bond acceptors (Lipinski definition) is 0. The Bertz CT molecular complexity index is 1550. The van der Waals surface area contributed by atoms with Gasteiger partial charge in [0.1, 0.15) is 0 Å². The van der Waals surface area contributed by atoms with E-state index in [1.165, 1.54) is 67.9 Å². The minimum absolute atomic E-state index is 0.0465. The molecule has 0 radical (unpaired) electrons. The predicted molar refractivity (Wildman–Crippen MR) is 423 cm³/mol. The Hall–Kier alpha value is 3.43. The van der Waals surface area contributed by atoms with E-state index in [0.29, 0.717) is 0 Å². The Balaban J connectivity index is 0.000000160. The molecule has 0 aliphatic heterocycles. The fraction of sp³-hybridized carbons (Fsp3) is 0.951. The Kier molecular flexibility index (Phi) is 44.1. The van der Waals surface area contributed by atoms with Gasteiger partial charge in [0.2, 0.25) is 0 Å². The van der Waals surface area contributed by atoms with Gasteiger partial charge in [-0.05, 0) is 308 Å². The van der Waals surface area contributed by atoms with Gasteiger partial charge in [0, 0.05) is 31.7 Å². The van der Waals surface area contributed by atoms with Crippen LogP contribution in [0.2, 0.25) is 0 Å². The average Bonchev–Trinajstić information content (AvgIpc) is 3.60. The van der Waals surface area contributed by atoms with Gasteiger partial charge in [-0.2, -0.15) is 0 Å². The van der Waals surface area contributed by atoms with Gasteiger partial charge < -0.3 is 0 Å². The normalized spacial score (nSPS) is 26.0. The second-order valence-electron chi connectivity index (χ2n) is 33.4. The van der Waals surface area contributed by atoms with Crippen molar-refractivity contribution >= 4 is 79.0 Å². The molecule has 12 fully saturated rings. The van der Waals surface area contributed by atoms with Crippen LogP contribution in [0.15, 0.2) is 12.2 Å². The summed E-state index contributed by atoms with van der Waals surface area (Å²) in [6.45, 7) is 8.12. The molecule has 0 N–H and O–H groups in total. The van der Waals surface area contributed by atoms with Crippen molar-refractivity contribution < 1.29 is 27.0 Å². The molecule has 0 aromatic carbocycles. The Morgan fingerprint density at radius 1 is 0.231 bits per heavy atom. The molecule has 12 aliphatic rings. The van der Waals surface area contributed by atoms with Gasteiger partial charge in [-0.1, -0.05) is 77.0 Å². The van der Waals surface area contributed by atoms with Crippen LogP contribution in [-0.2, 0) is 27.0 Å². The summed E-state index contributed by atoms with van der Waals surface area (Å²) in [4.78, 5) is 0. The van der Waals surface area contributed by atoms with Crippen LogP contribution in [0.4, 0.5) is 0 Å². The van der Waals surface area contributed by atoms with Crippen molar-refractivity contribution in [3.05, 3.63) is 12.2 Å². The molecule has 0 bridgehead atoms. The summed E-state index contributed by atoms with van der Waals surface area (Å²) in [5.41, 5.74) is 14.9. The van der Waals surface area contributed by atoms with E-state index in [1.54, 1.807) is 391 Å². The van der Waals surface area contributed by atoms with Gasteiger partial charge >= 0.3 is 120 Å². The summed E-state index contributed by atoms with van der Waals surface area (Å²) in [5, 5.41) is 0. The Morgan fingerprint density at radius 2 is 0.352 bits per heavy atom. The molecule has 0 aromatic rings. The Labute approximate surface area is 598 Å². The third kappa shape index (κ3) is 31.9. The first kappa shape index (κ1) is 81.7. The van der Waals surface area contributed by atoms with Crippen LogP contribution in [0, 0.1) is 5.41 Å². The van der Waals surface area contributed by atoms with Gasteiger partial charge in [0.15, 0.2) is 0 Å². The number of halogens is 4. The van der Waals surface area contributed by atoms with Crippen LogP contribution in [-0.4, -0.2) is 76.4 Å². The monoisotopic (exact) mass is 1590 g/mol. The molecule has 0 aromatic heterocycles. The van der Waals surface area contributed by atoms with Crippen LogP contribution in [0.1, 0.15) is 413 Å². The maximum atomic E-state index is 5.55. The second-order valence-corrected chi connectivity index (χ2v) is 57.9. The molecular formula is C81H150Cl4P4Ru2+4. The van der Waals surface area contributed by atoms with E-state index < -0.39 is 27.0 Å². The summed E-state index contributed by atoms with van der Waals surface area (Å²) in [6.07, 6.45) is 98.9. The average molecular weight is 1590 g/mol. The van der Waals surface area contributed by atoms with Crippen molar-refractivity contribution in [3.63, 3.8) is 0 Å². The first-order chi connectivity index (χ1) is 44.5. The van der Waals surface area contributed by atoms with Crippen LogP contribution < -0.4 is 0 Å². The van der Waals surface area contributed by atoms with Gasteiger partial charge in [0.25, 0.3) is 0 Å². The van der Waals surface area contributed by atoms with E-state index in [1.807, 2.05) is 13.0 Å². The molecule has 0 amide bonds. The zero-order valence-electron chi connectivity index (χ0n) is 60.2. The van der Waals surface area contributed by atoms with Gasteiger partial charge in [-0.3, -0.25) is 0 Å². The Morgan fingerprint density at radius 3 is 0.418 bits per heavy atom. The van der Waals surface area contributed by atoms with Crippen LogP contribution >= 0.6 is 70.5 Å². The van der Waals surface area contributed by atoms with E-state index in [4.69, 9.17) is 38.8 Å². The summed E-state index contributed by atoms with van der Waals surface area (Å²) < 4.78 is 5.69. The number of hydrogen-bond donors (Lipinski definition) is 0. The second kappa shape index (κ2) is 49.2. The minimum atomic E-state index is -1.67. The first-order valence-corrected chi connectivity index (χ1v) is 58.7. The molecule has 0 atom stereocenters. The summed E-state index contributed by atoms with van der Waals surface area (Å²) in [7, 11) is 21.6. The van der Waals surface area contributed by atoms with E-state index in [-0.39, 0.29) is 37.1 Å². The third-order valence-corrected chi connectivity index (χ3v) is 47.2. The van der Waals surface area contributed by atoms with Crippen LogP contribution in [0.5, 0.6) is 0 Å². The topological polar surface area (TPSA) is 0 Å². The quantitative estimate of drug-likeness (QED) is 0.135. The molecule has 12 aliphatic carbocycles. The number of allylic oxidation sites excluding steroid dienone is 2. The molecule has 0 unspecified atom stereocenters. The van der Waals surface area contributed by atoms with E-state index in [2.05, 4.69) is 29.3 Å². The molecule has 91 heavy (non-hydrogen) atoms. The molecule has 10 heteroatoms. The van der Waals surface area contributed by atoms with Crippen molar-refractivity contribution in [1.29, 1.82) is 0 Å². The van der Waals surface area contributed by atoms with Crippen LogP contribution in [0.3, 0.4) is 0 Å². The van der Waals surface area contributed by atoms with E-state index >= 15 is 0 Å². The van der Waals surface area contributed by atoms with E-state index in [0.717, 1.165) is 0 Å². The molecule has 534 valence electrons. The molecule has 12 saturated carbocycles. The van der Waals surface area contributed by atoms with Crippen molar-refractivity contribution in [1.82, 2.24) is 0 Å². The van der Waals surface area contributed by atoms with Gasteiger partial charge in [0.05, 0.1) is 67.9 Å². The first-order valence-electron chi connectivity index (χ1n) is 41.1. The van der Waals surface area contributed by atoms with Crippen molar-refractivity contribution in [3.8, 4) is 0 Å². The molecule has 12 rings (SSSR count). The van der Waals surface area contributed by atoms with E-state index in [9.17, 15) is 0 Å². The molecule has 0 saturated heterocycles. The summed E-state index contributed by atoms with van der Waals surface area (Å²) >= 11 is -3.23. The standard InChI is InChI=1S/4C18H33P.C6H10.C3H4.4ClH.2Ru/c4*1-4-10-16(11-5-1)19(17-12-6-2-7-13-17)18-14-8-3-9-15-18;1-5-6(2,3)4;1-3-2;;;;;;/h4*16-18H,1-15H2;5H,2-4H3;3H,1H3;4*1H;;/q;;;;;;;;;;2*+2. The summed E-state index contributed by atoms with van der Waals surface area (Å²) in [6, 6.07) is 0.